The van der Waals surface area contributed by atoms with E-state index in [9.17, 15) is 13.2 Å². The van der Waals surface area contributed by atoms with Crippen LogP contribution in [0.15, 0.2) is 53.6 Å². The van der Waals surface area contributed by atoms with E-state index in [0.717, 1.165) is 17.4 Å². The SMILES string of the molecule is Cc1cc(C(=O)Nc2cccc([C@@H](C)Oc3cc(Cl)cnc3N)c2)cc(S(C)(=O)=O)c1C. The smallest absolute Gasteiger partial charge is 0.255 e. The second-order valence-electron chi connectivity index (χ2n) is 7.57. The van der Waals surface area contributed by atoms with Crippen molar-refractivity contribution >= 4 is 38.9 Å². The number of amides is 1. The summed E-state index contributed by atoms with van der Waals surface area (Å²) in [6.45, 7) is 5.33. The van der Waals surface area contributed by atoms with Crippen molar-refractivity contribution in [1.82, 2.24) is 4.98 Å². The summed E-state index contributed by atoms with van der Waals surface area (Å²) in [6.07, 6.45) is 2.17. The summed E-state index contributed by atoms with van der Waals surface area (Å²) in [6, 6.07) is 11.8. The Balaban J connectivity index is 1.82. The Morgan fingerprint density at radius 1 is 1.19 bits per heavy atom. The van der Waals surface area contributed by atoms with Gasteiger partial charge in [-0.15, -0.1) is 0 Å². The largest absolute Gasteiger partial charge is 0.482 e. The van der Waals surface area contributed by atoms with E-state index in [1.807, 2.05) is 13.0 Å². The zero-order valence-electron chi connectivity index (χ0n) is 18.1. The summed E-state index contributed by atoms with van der Waals surface area (Å²) >= 11 is 5.96. The van der Waals surface area contributed by atoms with Crippen LogP contribution in [0.3, 0.4) is 0 Å². The van der Waals surface area contributed by atoms with Gasteiger partial charge in [0.1, 0.15) is 6.10 Å². The molecule has 1 aromatic heterocycles. The Morgan fingerprint density at radius 3 is 2.59 bits per heavy atom. The fourth-order valence-electron chi connectivity index (χ4n) is 3.20. The van der Waals surface area contributed by atoms with Crippen LogP contribution in [0.5, 0.6) is 5.75 Å². The number of benzene rings is 2. The fraction of sp³-hybridized carbons (Fsp3) is 0.217. The number of halogens is 1. The number of aryl methyl sites for hydroxylation is 1. The second-order valence-corrected chi connectivity index (χ2v) is 9.99. The van der Waals surface area contributed by atoms with Crippen LogP contribution >= 0.6 is 11.6 Å². The van der Waals surface area contributed by atoms with Crippen molar-refractivity contribution < 1.29 is 17.9 Å². The van der Waals surface area contributed by atoms with Gasteiger partial charge in [-0.25, -0.2) is 13.4 Å². The Morgan fingerprint density at radius 2 is 1.91 bits per heavy atom. The molecule has 1 atom stereocenters. The molecule has 0 spiro atoms. The predicted octanol–water partition coefficient (Wildman–Crippen LogP) is 4.73. The molecule has 0 aliphatic carbocycles. The monoisotopic (exact) mass is 473 g/mol. The van der Waals surface area contributed by atoms with Crippen LogP contribution < -0.4 is 15.8 Å². The molecule has 0 fully saturated rings. The number of carbonyl (C=O) groups is 1. The summed E-state index contributed by atoms with van der Waals surface area (Å²) in [5.41, 5.74) is 8.80. The first-order chi connectivity index (χ1) is 15.0. The van der Waals surface area contributed by atoms with E-state index in [0.29, 0.717) is 22.0 Å². The Bertz CT molecular complexity index is 1290. The average molecular weight is 474 g/mol. The first-order valence-electron chi connectivity index (χ1n) is 9.76. The molecule has 7 nitrogen and oxygen atoms in total. The molecule has 2 aromatic carbocycles. The minimum Gasteiger partial charge on any atom is -0.482 e. The van der Waals surface area contributed by atoms with Crippen LogP contribution in [0.1, 0.15) is 40.1 Å². The molecule has 3 aromatic rings. The van der Waals surface area contributed by atoms with Gasteiger partial charge in [0.15, 0.2) is 21.4 Å². The molecule has 0 saturated carbocycles. The van der Waals surface area contributed by atoms with Crippen molar-refractivity contribution in [3.05, 3.63) is 75.9 Å². The van der Waals surface area contributed by atoms with Crippen molar-refractivity contribution in [3.8, 4) is 5.75 Å². The summed E-state index contributed by atoms with van der Waals surface area (Å²) in [5.74, 6) is 0.178. The quantitative estimate of drug-likeness (QED) is 0.535. The van der Waals surface area contributed by atoms with E-state index in [1.165, 1.54) is 12.3 Å². The lowest BCUT2D eigenvalue weighted by Crippen LogP contribution is -2.14. The Kier molecular flexibility index (Phi) is 6.76. The summed E-state index contributed by atoms with van der Waals surface area (Å²) in [4.78, 5) is 17.0. The van der Waals surface area contributed by atoms with Gasteiger partial charge < -0.3 is 15.8 Å². The number of anilines is 2. The molecule has 0 radical (unpaired) electrons. The van der Waals surface area contributed by atoms with E-state index >= 15 is 0 Å². The first-order valence-corrected chi connectivity index (χ1v) is 12.0. The van der Waals surface area contributed by atoms with Gasteiger partial charge >= 0.3 is 0 Å². The highest BCUT2D eigenvalue weighted by Gasteiger charge is 2.18. The molecule has 3 N–H and O–H groups in total. The van der Waals surface area contributed by atoms with E-state index in [2.05, 4.69) is 10.3 Å². The molecule has 0 aliphatic rings. The van der Waals surface area contributed by atoms with Gasteiger partial charge in [-0.2, -0.15) is 0 Å². The van der Waals surface area contributed by atoms with E-state index < -0.39 is 21.8 Å². The number of aromatic nitrogens is 1. The number of nitrogens with two attached hydrogens (primary N) is 1. The number of nitrogens with zero attached hydrogens (tertiary/aromatic N) is 1. The molecule has 32 heavy (non-hydrogen) atoms. The zero-order chi connectivity index (χ0) is 23.6. The van der Waals surface area contributed by atoms with Crippen molar-refractivity contribution in [2.24, 2.45) is 0 Å². The topological polar surface area (TPSA) is 111 Å². The number of nitrogen functional groups attached to an aromatic ring is 1. The number of carbonyl (C=O) groups excluding carboxylic acids is 1. The van der Waals surface area contributed by atoms with Crippen molar-refractivity contribution in [3.63, 3.8) is 0 Å². The third-order valence-corrected chi connectivity index (χ3v) is 6.48. The number of pyridine rings is 1. The third-order valence-electron chi connectivity index (χ3n) is 5.05. The number of nitrogens with one attached hydrogen (secondary N) is 1. The molecule has 9 heteroatoms. The summed E-state index contributed by atoms with van der Waals surface area (Å²) in [7, 11) is -3.46. The predicted molar refractivity (Wildman–Crippen MR) is 126 cm³/mol. The minimum atomic E-state index is -3.46. The van der Waals surface area contributed by atoms with Crippen LogP contribution in [0, 0.1) is 13.8 Å². The van der Waals surface area contributed by atoms with Gasteiger partial charge in [0, 0.05) is 29.8 Å². The Hall–Kier alpha value is -3.10. The fourth-order valence-corrected chi connectivity index (χ4v) is 4.41. The van der Waals surface area contributed by atoms with E-state index in [-0.39, 0.29) is 16.3 Å². The van der Waals surface area contributed by atoms with Gasteiger partial charge in [-0.05, 0) is 61.7 Å². The van der Waals surface area contributed by atoms with Gasteiger partial charge in [0.25, 0.3) is 5.91 Å². The number of hydrogen-bond donors (Lipinski definition) is 2. The molecule has 3 rings (SSSR count). The maximum Gasteiger partial charge on any atom is 0.255 e. The average Bonchev–Trinajstić information content (AvgIpc) is 2.71. The van der Waals surface area contributed by atoms with Crippen LogP contribution in [0.2, 0.25) is 5.02 Å². The lowest BCUT2D eigenvalue weighted by Gasteiger charge is -2.17. The maximum atomic E-state index is 12.8. The zero-order valence-corrected chi connectivity index (χ0v) is 19.7. The second kappa shape index (κ2) is 9.18. The van der Waals surface area contributed by atoms with Crippen LogP contribution in [0.25, 0.3) is 0 Å². The summed E-state index contributed by atoms with van der Waals surface area (Å²) < 4.78 is 30.1. The van der Waals surface area contributed by atoms with E-state index in [4.69, 9.17) is 22.1 Å². The number of sulfone groups is 1. The van der Waals surface area contributed by atoms with Gasteiger partial charge in [0.05, 0.1) is 9.92 Å². The van der Waals surface area contributed by atoms with Gasteiger partial charge in [0.2, 0.25) is 0 Å². The first kappa shape index (κ1) is 23.6. The third kappa shape index (κ3) is 5.38. The molecule has 168 valence electrons. The number of ether oxygens (including phenoxy) is 1. The number of hydrogen-bond acceptors (Lipinski definition) is 6. The standard InChI is InChI=1S/C23H24ClN3O4S/c1-13-8-17(10-21(14(13)2)32(4,29)30)23(28)27-19-7-5-6-16(9-19)15(3)31-20-11-18(24)12-26-22(20)25/h5-12,15H,1-4H3,(H2,25,26)(H,27,28)/t15-/m1/s1. The molecule has 0 saturated heterocycles. The molecule has 0 aliphatic heterocycles. The molecular formula is C23H24ClN3O4S. The van der Waals surface area contributed by atoms with Crippen LogP contribution in [0.4, 0.5) is 11.5 Å². The lowest BCUT2D eigenvalue weighted by molar-refractivity contribution is 0.102. The molecular weight excluding hydrogens is 450 g/mol. The van der Waals surface area contributed by atoms with Crippen LogP contribution in [-0.4, -0.2) is 25.6 Å². The number of rotatable bonds is 6. The highest BCUT2D eigenvalue weighted by atomic mass is 35.5. The Labute approximate surface area is 192 Å². The highest BCUT2D eigenvalue weighted by molar-refractivity contribution is 7.90. The van der Waals surface area contributed by atoms with Crippen LogP contribution in [-0.2, 0) is 9.84 Å². The van der Waals surface area contributed by atoms with Crippen molar-refractivity contribution in [1.29, 1.82) is 0 Å². The van der Waals surface area contributed by atoms with Crippen molar-refractivity contribution in [2.75, 3.05) is 17.3 Å². The van der Waals surface area contributed by atoms with Gasteiger partial charge in [-0.3, -0.25) is 4.79 Å². The molecule has 0 unspecified atom stereocenters. The minimum absolute atomic E-state index is 0.145. The molecule has 0 bridgehead atoms. The molecule has 1 heterocycles. The molecule has 1 amide bonds. The lowest BCUT2D eigenvalue weighted by atomic mass is 10.1. The van der Waals surface area contributed by atoms with Crippen molar-refractivity contribution in [2.45, 2.75) is 31.8 Å². The highest BCUT2D eigenvalue weighted by Crippen LogP contribution is 2.29. The summed E-state index contributed by atoms with van der Waals surface area (Å²) in [5, 5.41) is 3.22. The van der Waals surface area contributed by atoms with Gasteiger partial charge in [-0.1, -0.05) is 23.7 Å². The van der Waals surface area contributed by atoms with E-state index in [1.54, 1.807) is 44.2 Å². The normalized spacial score (nSPS) is 12.3. The maximum absolute atomic E-state index is 12.8.